The normalized spacial score (nSPS) is 22.0. The smallest absolute Gasteiger partial charge is 0.315 e. The number of nitrogens with zero attached hydrogens (tertiary/aromatic N) is 2. The lowest BCUT2D eigenvalue weighted by Crippen LogP contribution is -2.61. The SMILES string of the molecule is CC(C)(C)NC(=O)N[C@H](C(=O)N1C[C@H](Oc2ccc(Cl)cn2)C[C@H]1C(=O)NC1(C(=O)C(=O)NC2CC2)CC1)C(C)(C)C. The van der Waals surface area contributed by atoms with Gasteiger partial charge in [0.25, 0.3) is 5.91 Å². The van der Waals surface area contributed by atoms with E-state index < -0.39 is 64.2 Å². The summed E-state index contributed by atoms with van der Waals surface area (Å²) in [4.78, 5) is 71.6. The Morgan fingerprint density at radius 1 is 1.07 bits per heavy atom. The fourth-order valence-corrected chi connectivity index (χ4v) is 4.96. The van der Waals surface area contributed by atoms with Crippen LogP contribution >= 0.6 is 11.6 Å². The minimum Gasteiger partial charge on any atom is -0.472 e. The van der Waals surface area contributed by atoms with Gasteiger partial charge < -0.3 is 30.9 Å². The summed E-state index contributed by atoms with van der Waals surface area (Å²) in [6.07, 6.45) is 3.28. The van der Waals surface area contributed by atoms with E-state index in [-0.39, 0.29) is 24.9 Å². The molecule has 1 aromatic rings. The first-order chi connectivity index (χ1) is 19.5. The van der Waals surface area contributed by atoms with Gasteiger partial charge in [0, 0.05) is 30.3 Å². The number of halogens is 1. The van der Waals surface area contributed by atoms with Gasteiger partial charge in [0.2, 0.25) is 23.5 Å². The van der Waals surface area contributed by atoms with E-state index in [9.17, 15) is 24.0 Å². The number of Topliss-reactive ketones (excluding diaryl/α,β-unsaturated/α-hetero) is 1. The maximum Gasteiger partial charge on any atom is 0.315 e. The Balaban J connectivity index is 1.55. The van der Waals surface area contributed by atoms with Crippen molar-refractivity contribution in [3.05, 3.63) is 23.4 Å². The van der Waals surface area contributed by atoms with Crippen LogP contribution in [0.1, 0.15) is 73.6 Å². The summed E-state index contributed by atoms with van der Waals surface area (Å²) in [5, 5.41) is 11.5. The second kappa shape index (κ2) is 11.7. The van der Waals surface area contributed by atoms with Crippen molar-refractivity contribution < 1.29 is 28.7 Å². The van der Waals surface area contributed by atoms with Crippen LogP contribution in [-0.4, -0.2) is 81.3 Å². The second-order valence-electron chi connectivity index (χ2n) is 13.6. The number of hydrogen-bond donors (Lipinski definition) is 4. The van der Waals surface area contributed by atoms with E-state index >= 15 is 0 Å². The summed E-state index contributed by atoms with van der Waals surface area (Å²) in [6, 6.07) is 0.710. The number of urea groups is 1. The van der Waals surface area contributed by atoms with Crippen LogP contribution < -0.4 is 26.0 Å². The molecule has 4 rings (SSSR count). The predicted octanol–water partition coefficient (Wildman–Crippen LogP) is 2.09. The van der Waals surface area contributed by atoms with Gasteiger partial charge in [0.05, 0.1) is 11.6 Å². The van der Waals surface area contributed by atoms with Gasteiger partial charge in [-0.3, -0.25) is 19.2 Å². The number of amides is 5. The van der Waals surface area contributed by atoms with E-state index in [0.717, 1.165) is 12.8 Å². The number of carbonyl (C=O) groups is 5. The number of nitrogens with one attached hydrogen (secondary N) is 4. The molecule has 3 atom stereocenters. The molecule has 3 fully saturated rings. The molecule has 0 aromatic carbocycles. The molecule has 5 amide bonds. The number of ketones is 1. The van der Waals surface area contributed by atoms with Crippen molar-refractivity contribution in [3.63, 3.8) is 0 Å². The number of carbonyl (C=O) groups excluding carboxylic acids is 5. The average Bonchev–Trinajstić information content (AvgIpc) is 3.80. The lowest BCUT2D eigenvalue weighted by Gasteiger charge is -2.36. The highest BCUT2D eigenvalue weighted by atomic mass is 35.5. The number of hydrogen-bond acceptors (Lipinski definition) is 7. The number of rotatable bonds is 9. The van der Waals surface area contributed by atoms with Crippen LogP contribution in [0, 0.1) is 5.41 Å². The first-order valence-corrected chi connectivity index (χ1v) is 14.7. The van der Waals surface area contributed by atoms with Crippen LogP contribution in [0.15, 0.2) is 18.3 Å². The Hall–Kier alpha value is -3.41. The Labute approximate surface area is 251 Å². The largest absolute Gasteiger partial charge is 0.472 e. The first kappa shape index (κ1) is 31.5. The van der Waals surface area contributed by atoms with Gasteiger partial charge in [0.15, 0.2) is 0 Å². The highest BCUT2D eigenvalue weighted by Crippen LogP contribution is 2.38. The van der Waals surface area contributed by atoms with Crippen LogP contribution in [0.2, 0.25) is 5.02 Å². The minimum atomic E-state index is -1.28. The molecule has 4 N–H and O–H groups in total. The second-order valence-corrected chi connectivity index (χ2v) is 14.0. The van der Waals surface area contributed by atoms with Crippen LogP contribution in [-0.2, 0) is 19.2 Å². The van der Waals surface area contributed by atoms with E-state index in [1.54, 1.807) is 12.1 Å². The monoisotopic (exact) mass is 604 g/mol. The summed E-state index contributed by atoms with van der Waals surface area (Å²) in [5.41, 5.74) is -2.53. The van der Waals surface area contributed by atoms with Crippen molar-refractivity contribution in [3.8, 4) is 5.88 Å². The van der Waals surface area contributed by atoms with Crippen molar-refractivity contribution in [2.75, 3.05) is 6.54 Å². The lowest BCUT2D eigenvalue weighted by molar-refractivity contribution is -0.144. The molecule has 2 saturated carbocycles. The lowest BCUT2D eigenvalue weighted by atomic mass is 9.85. The average molecular weight is 605 g/mol. The van der Waals surface area contributed by atoms with Crippen molar-refractivity contribution in [1.82, 2.24) is 31.2 Å². The van der Waals surface area contributed by atoms with Gasteiger partial charge >= 0.3 is 6.03 Å². The molecule has 1 aromatic heterocycles. The minimum absolute atomic E-state index is 0.00703. The summed E-state index contributed by atoms with van der Waals surface area (Å²) in [5.74, 6) is -2.13. The van der Waals surface area contributed by atoms with Gasteiger partial charge in [-0.05, 0) is 57.9 Å². The molecule has 230 valence electrons. The fourth-order valence-electron chi connectivity index (χ4n) is 4.85. The summed E-state index contributed by atoms with van der Waals surface area (Å²) >= 11 is 5.94. The summed E-state index contributed by atoms with van der Waals surface area (Å²) in [6.45, 7) is 11.0. The van der Waals surface area contributed by atoms with Crippen molar-refractivity contribution >= 4 is 41.1 Å². The number of likely N-dealkylation sites (tertiary alicyclic amines) is 1. The molecule has 0 unspecified atom stereocenters. The van der Waals surface area contributed by atoms with Crippen LogP contribution in [0.4, 0.5) is 4.79 Å². The molecule has 13 heteroatoms. The number of ether oxygens (including phenoxy) is 1. The molecular weight excluding hydrogens is 564 g/mol. The van der Waals surface area contributed by atoms with Crippen molar-refractivity contribution in [1.29, 1.82) is 0 Å². The van der Waals surface area contributed by atoms with E-state index in [1.807, 2.05) is 41.5 Å². The zero-order valence-corrected chi connectivity index (χ0v) is 25.8. The number of aromatic nitrogens is 1. The first-order valence-electron chi connectivity index (χ1n) is 14.3. The number of pyridine rings is 1. The van der Waals surface area contributed by atoms with Crippen LogP contribution in [0.5, 0.6) is 5.88 Å². The topological polar surface area (TPSA) is 159 Å². The summed E-state index contributed by atoms with van der Waals surface area (Å²) < 4.78 is 6.01. The van der Waals surface area contributed by atoms with Gasteiger partial charge in [-0.15, -0.1) is 0 Å². The highest BCUT2D eigenvalue weighted by Gasteiger charge is 2.56. The maximum atomic E-state index is 14.1. The predicted molar refractivity (Wildman–Crippen MR) is 155 cm³/mol. The Morgan fingerprint density at radius 3 is 2.26 bits per heavy atom. The standard InChI is InChI=1S/C29H41ClN6O6/c1-27(2,3)21(33-26(41)35-28(4,5)6)25(40)36-15-18(42-20-10-7-16(30)14-31-20)13-19(36)23(38)34-29(11-12-29)22(37)24(39)32-17-8-9-17/h7,10,14,17-19,21H,8-9,11-13,15H2,1-6H3,(H,32,39)(H,34,38)(H2,33,35,41)/t18-,19+,21-/m1/s1. The molecule has 0 spiro atoms. The molecule has 0 radical (unpaired) electrons. The van der Waals surface area contributed by atoms with E-state index in [1.165, 1.54) is 11.1 Å². The molecule has 3 aliphatic rings. The summed E-state index contributed by atoms with van der Waals surface area (Å²) in [7, 11) is 0. The Bertz CT molecular complexity index is 1230. The van der Waals surface area contributed by atoms with E-state index in [4.69, 9.17) is 16.3 Å². The Kier molecular flexibility index (Phi) is 8.78. The van der Waals surface area contributed by atoms with Crippen LogP contribution in [0.3, 0.4) is 0 Å². The Morgan fingerprint density at radius 2 is 1.74 bits per heavy atom. The fraction of sp³-hybridized carbons (Fsp3) is 0.655. The van der Waals surface area contributed by atoms with Gasteiger partial charge in [-0.1, -0.05) is 32.4 Å². The van der Waals surface area contributed by atoms with Gasteiger partial charge in [-0.2, -0.15) is 0 Å². The molecule has 2 heterocycles. The molecular formula is C29H41ClN6O6. The molecule has 1 aliphatic heterocycles. The van der Waals surface area contributed by atoms with E-state index in [2.05, 4.69) is 26.3 Å². The molecule has 42 heavy (non-hydrogen) atoms. The van der Waals surface area contributed by atoms with Crippen molar-refractivity contribution in [2.45, 2.75) is 109 Å². The molecule has 0 bridgehead atoms. The third-order valence-corrected chi connectivity index (χ3v) is 7.60. The quantitative estimate of drug-likeness (QED) is 0.314. The zero-order chi connectivity index (χ0) is 31.0. The van der Waals surface area contributed by atoms with Crippen LogP contribution in [0.25, 0.3) is 0 Å². The zero-order valence-electron chi connectivity index (χ0n) is 25.0. The third-order valence-electron chi connectivity index (χ3n) is 7.38. The molecule has 12 nitrogen and oxygen atoms in total. The molecule has 1 saturated heterocycles. The van der Waals surface area contributed by atoms with Gasteiger partial charge in [0.1, 0.15) is 23.7 Å². The van der Waals surface area contributed by atoms with Crippen molar-refractivity contribution in [2.24, 2.45) is 5.41 Å². The molecule has 2 aliphatic carbocycles. The van der Waals surface area contributed by atoms with E-state index in [0.29, 0.717) is 17.9 Å². The highest BCUT2D eigenvalue weighted by molar-refractivity contribution is 6.41. The maximum absolute atomic E-state index is 14.1. The van der Waals surface area contributed by atoms with Gasteiger partial charge in [-0.25, -0.2) is 9.78 Å². The third kappa shape index (κ3) is 7.90.